The number of rotatable bonds is 3. The summed E-state index contributed by atoms with van der Waals surface area (Å²) < 4.78 is 0. The minimum atomic E-state index is -0.803. The van der Waals surface area contributed by atoms with Gasteiger partial charge in [0.15, 0.2) is 0 Å². The second kappa shape index (κ2) is 5.38. The third-order valence-electron chi connectivity index (χ3n) is 3.57. The largest absolute Gasteiger partial charge is 0.342 e. The number of hydrogen-bond acceptors (Lipinski definition) is 3. The van der Waals surface area contributed by atoms with E-state index in [0.717, 1.165) is 5.69 Å². The summed E-state index contributed by atoms with van der Waals surface area (Å²) in [6.07, 6.45) is 2.63. The van der Waals surface area contributed by atoms with Crippen LogP contribution in [0.3, 0.4) is 0 Å². The molecule has 1 aliphatic heterocycles. The number of pyridine rings is 1. The summed E-state index contributed by atoms with van der Waals surface area (Å²) in [5.41, 5.74) is 0.0335. The smallest absolute Gasteiger partial charge is 0.248 e. The lowest BCUT2D eigenvalue weighted by atomic mass is 9.97. The normalized spacial score (nSPS) is 24.0. The van der Waals surface area contributed by atoms with Gasteiger partial charge in [0.1, 0.15) is 5.54 Å². The summed E-state index contributed by atoms with van der Waals surface area (Å²) in [6, 6.07) is 5.62. The Morgan fingerprint density at radius 1 is 1.42 bits per heavy atom. The van der Waals surface area contributed by atoms with Crippen molar-refractivity contribution in [2.24, 2.45) is 0 Å². The monoisotopic (exact) mass is 261 g/mol. The van der Waals surface area contributed by atoms with E-state index < -0.39 is 5.54 Å². The topological polar surface area (TPSA) is 62.3 Å². The van der Waals surface area contributed by atoms with Crippen molar-refractivity contribution in [3.05, 3.63) is 30.1 Å². The molecular formula is C14H19N3O2. The van der Waals surface area contributed by atoms with E-state index in [2.05, 4.69) is 10.3 Å². The first-order valence-corrected chi connectivity index (χ1v) is 6.55. The second-order valence-electron chi connectivity index (χ2n) is 5.03. The fourth-order valence-corrected chi connectivity index (χ4v) is 2.19. The van der Waals surface area contributed by atoms with Gasteiger partial charge in [0, 0.05) is 19.2 Å². The van der Waals surface area contributed by atoms with E-state index in [1.165, 1.54) is 0 Å². The lowest BCUT2D eigenvalue weighted by Crippen LogP contribution is -2.54. The van der Waals surface area contributed by atoms with Gasteiger partial charge in [0.05, 0.1) is 12.2 Å². The van der Waals surface area contributed by atoms with Gasteiger partial charge in [-0.15, -0.1) is 0 Å². The van der Waals surface area contributed by atoms with Crippen LogP contribution in [0.1, 0.15) is 32.4 Å². The van der Waals surface area contributed by atoms with E-state index in [9.17, 15) is 9.59 Å². The van der Waals surface area contributed by atoms with Crippen molar-refractivity contribution in [3.63, 3.8) is 0 Å². The molecule has 0 aliphatic carbocycles. The van der Waals surface area contributed by atoms with Crippen molar-refractivity contribution < 1.29 is 9.59 Å². The van der Waals surface area contributed by atoms with Crippen LogP contribution in [0, 0.1) is 0 Å². The predicted octanol–water partition coefficient (Wildman–Crippen LogP) is 1.10. The molecule has 1 atom stereocenters. The van der Waals surface area contributed by atoms with Gasteiger partial charge in [0.25, 0.3) is 0 Å². The van der Waals surface area contributed by atoms with Crippen LogP contribution in [0.15, 0.2) is 24.4 Å². The number of nitrogens with one attached hydrogen (secondary N) is 1. The summed E-state index contributed by atoms with van der Waals surface area (Å²) in [4.78, 5) is 30.2. The fraction of sp³-hybridized carbons (Fsp3) is 0.500. The van der Waals surface area contributed by atoms with Gasteiger partial charge in [-0.05, 0) is 25.5 Å². The molecule has 5 nitrogen and oxygen atoms in total. The third-order valence-corrected chi connectivity index (χ3v) is 3.57. The number of carbonyl (C=O) groups excluding carboxylic acids is 2. The summed E-state index contributed by atoms with van der Waals surface area (Å²) in [5.74, 6) is -0.104. The molecule has 5 heteroatoms. The highest BCUT2D eigenvalue weighted by Crippen LogP contribution is 2.19. The fourth-order valence-electron chi connectivity index (χ4n) is 2.19. The van der Waals surface area contributed by atoms with E-state index in [-0.39, 0.29) is 11.8 Å². The van der Waals surface area contributed by atoms with E-state index in [0.29, 0.717) is 25.9 Å². The first-order chi connectivity index (χ1) is 9.05. The molecule has 0 aromatic carbocycles. The maximum absolute atomic E-state index is 12.5. The van der Waals surface area contributed by atoms with Crippen molar-refractivity contribution in [1.82, 2.24) is 15.2 Å². The molecule has 1 aliphatic rings. The SMILES string of the molecule is CCC1(C)NC(=O)CCN(Cc2ccccn2)C1=O. The second-order valence-corrected chi connectivity index (χ2v) is 5.03. The zero-order chi connectivity index (χ0) is 13.9. The molecule has 102 valence electrons. The lowest BCUT2D eigenvalue weighted by molar-refractivity contribution is -0.138. The van der Waals surface area contributed by atoms with E-state index in [4.69, 9.17) is 0 Å². The van der Waals surface area contributed by atoms with Gasteiger partial charge >= 0.3 is 0 Å². The van der Waals surface area contributed by atoms with Crippen molar-refractivity contribution in [1.29, 1.82) is 0 Å². The molecule has 2 amide bonds. The van der Waals surface area contributed by atoms with Gasteiger partial charge in [-0.2, -0.15) is 0 Å². The van der Waals surface area contributed by atoms with Crippen LogP contribution >= 0.6 is 0 Å². The zero-order valence-electron chi connectivity index (χ0n) is 11.3. The minimum absolute atomic E-state index is 0.0356. The van der Waals surface area contributed by atoms with Gasteiger partial charge in [-0.1, -0.05) is 13.0 Å². The third kappa shape index (κ3) is 2.92. The molecule has 1 fully saturated rings. The number of aromatic nitrogens is 1. The molecule has 1 saturated heterocycles. The van der Waals surface area contributed by atoms with E-state index >= 15 is 0 Å². The average Bonchev–Trinajstić information content (AvgIpc) is 2.52. The Bertz CT molecular complexity index is 475. The highest BCUT2D eigenvalue weighted by Gasteiger charge is 2.39. The Labute approximate surface area is 113 Å². The van der Waals surface area contributed by atoms with Gasteiger partial charge in [-0.25, -0.2) is 0 Å². The molecule has 19 heavy (non-hydrogen) atoms. The molecule has 0 bridgehead atoms. The Kier molecular flexibility index (Phi) is 3.83. The van der Waals surface area contributed by atoms with Crippen LogP contribution in [0.2, 0.25) is 0 Å². The molecule has 1 N–H and O–H groups in total. The van der Waals surface area contributed by atoms with E-state index in [1.807, 2.05) is 25.1 Å². The van der Waals surface area contributed by atoms with Crippen molar-refractivity contribution in [2.75, 3.05) is 6.54 Å². The molecule has 1 unspecified atom stereocenters. The van der Waals surface area contributed by atoms with Crippen LogP contribution in [-0.2, 0) is 16.1 Å². The number of hydrogen-bond donors (Lipinski definition) is 1. The summed E-state index contributed by atoms with van der Waals surface area (Å²) in [6.45, 7) is 4.58. The zero-order valence-corrected chi connectivity index (χ0v) is 11.3. The molecule has 2 heterocycles. The van der Waals surface area contributed by atoms with Crippen molar-refractivity contribution in [2.45, 2.75) is 38.8 Å². The van der Waals surface area contributed by atoms with Gasteiger partial charge in [0.2, 0.25) is 11.8 Å². The van der Waals surface area contributed by atoms with Crippen LogP contribution in [0.4, 0.5) is 0 Å². The molecule has 0 saturated carbocycles. The molecule has 2 rings (SSSR count). The molecular weight excluding hydrogens is 242 g/mol. The molecule has 0 spiro atoms. The van der Waals surface area contributed by atoms with Crippen LogP contribution in [-0.4, -0.2) is 33.8 Å². The van der Waals surface area contributed by atoms with Crippen molar-refractivity contribution in [3.8, 4) is 0 Å². The highest BCUT2D eigenvalue weighted by atomic mass is 16.2. The predicted molar refractivity (Wildman–Crippen MR) is 71.1 cm³/mol. The number of carbonyl (C=O) groups is 2. The number of amides is 2. The van der Waals surface area contributed by atoms with Crippen molar-refractivity contribution >= 4 is 11.8 Å². The van der Waals surface area contributed by atoms with Gasteiger partial charge in [-0.3, -0.25) is 14.6 Å². The molecule has 0 radical (unpaired) electrons. The first-order valence-electron chi connectivity index (χ1n) is 6.55. The Morgan fingerprint density at radius 2 is 2.21 bits per heavy atom. The summed E-state index contributed by atoms with van der Waals surface area (Å²) in [5, 5.41) is 2.82. The quantitative estimate of drug-likeness (QED) is 0.886. The lowest BCUT2D eigenvalue weighted by Gasteiger charge is -2.31. The van der Waals surface area contributed by atoms with Gasteiger partial charge < -0.3 is 10.2 Å². The number of nitrogens with zero attached hydrogens (tertiary/aromatic N) is 2. The highest BCUT2D eigenvalue weighted by molar-refractivity contribution is 5.93. The van der Waals surface area contributed by atoms with Crippen LogP contribution in [0.5, 0.6) is 0 Å². The Balaban J connectivity index is 2.20. The van der Waals surface area contributed by atoms with E-state index in [1.54, 1.807) is 18.0 Å². The first kappa shape index (κ1) is 13.5. The van der Waals surface area contributed by atoms with Crippen LogP contribution < -0.4 is 5.32 Å². The molecule has 1 aromatic heterocycles. The Morgan fingerprint density at radius 3 is 2.84 bits per heavy atom. The standard InChI is InChI=1S/C14H19N3O2/c1-3-14(2)13(19)17(9-7-12(18)16-14)10-11-6-4-5-8-15-11/h4-6,8H,3,7,9-10H2,1-2H3,(H,16,18). The minimum Gasteiger partial charge on any atom is -0.342 e. The average molecular weight is 261 g/mol. The maximum Gasteiger partial charge on any atom is 0.248 e. The molecule has 1 aromatic rings. The maximum atomic E-state index is 12.5. The summed E-state index contributed by atoms with van der Waals surface area (Å²) in [7, 11) is 0. The summed E-state index contributed by atoms with van der Waals surface area (Å²) >= 11 is 0. The Hall–Kier alpha value is -1.91. The van der Waals surface area contributed by atoms with Crippen LogP contribution in [0.25, 0.3) is 0 Å².